The molecule has 0 aliphatic heterocycles. The molecule has 2 aromatic rings. The highest BCUT2D eigenvalue weighted by Crippen LogP contribution is 2.14. The number of halogens is 1. The number of aryl methyl sites for hydroxylation is 1. The summed E-state index contributed by atoms with van der Waals surface area (Å²) in [5.41, 5.74) is 2.39. The summed E-state index contributed by atoms with van der Waals surface area (Å²) >= 11 is 6.02. The van der Waals surface area contributed by atoms with Crippen molar-refractivity contribution in [1.82, 2.24) is 14.9 Å². The highest BCUT2D eigenvalue weighted by atomic mass is 35.5. The number of benzene rings is 1. The number of imidazole rings is 1. The molecule has 0 aliphatic carbocycles. The first kappa shape index (κ1) is 15.4. The standard InChI is InChI=1S/C15H18ClN3O2/c1-10-11(2)19(15(21)18-10)8-7-14(20)17-9-12-5-3-4-6-13(12)16/h3-6H,7-9H2,1-2H3,(H,17,20)(H,18,21). The second-order valence-electron chi connectivity index (χ2n) is 4.91. The van der Waals surface area contributed by atoms with E-state index in [0.29, 0.717) is 18.1 Å². The molecule has 5 nitrogen and oxygen atoms in total. The normalized spacial score (nSPS) is 10.6. The van der Waals surface area contributed by atoms with Crippen molar-refractivity contribution in [2.75, 3.05) is 0 Å². The van der Waals surface area contributed by atoms with Crippen LogP contribution in [-0.4, -0.2) is 15.5 Å². The Bertz CT molecular complexity index is 703. The molecule has 0 aliphatic rings. The van der Waals surface area contributed by atoms with E-state index in [1.165, 1.54) is 0 Å². The van der Waals surface area contributed by atoms with Gasteiger partial charge in [-0.15, -0.1) is 0 Å². The van der Waals surface area contributed by atoms with Gasteiger partial charge in [0.05, 0.1) is 0 Å². The van der Waals surface area contributed by atoms with Crippen molar-refractivity contribution >= 4 is 17.5 Å². The van der Waals surface area contributed by atoms with E-state index in [9.17, 15) is 9.59 Å². The molecule has 112 valence electrons. The fraction of sp³-hybridized carbons (Fsp3) is 0.333. The number of aromatic nitrogens is 2. The number of H-pyrrole nitrogens is 1. The summed E-state index contributed by atoms with van der Waals surface area (Å²) in [4.78, 5) is 26.2. The third-order valence-electron chi connectivity index (χ3n) is 3.48. The van der Waals surface area contributed by atoms with Crippen molar-refractivity contribution < 1.29 is 4.79 Å². The van der Waals surface area contributed by atoms with E-state index in [1.54, 1.807) is 10.6 Å². The fourth-order valence-electron chi connectivity index (χ4n) is 2.08. The number of hydrogen-bond donors (Lipinski definition) is 2. The van der Waals surface area contributed by atoms with Gasteiger partial charge in [0.2, 0.25) is 5.91 Å². The Balaban J connectivity index is 1.88. The maximum absolute atomic E-state index is 11.9. The molecule has 1 aromatic heterocycles. The Hall–Kier alpha value is -2.01. The SMILES string of the molecule is Cc1[nH]c(=O)n(CCC(=O)NCc2ccccc2Cl)c1C. The van der Waals surface area contributed by atoms with Crippen molar-refractivity contribution in [3.8, 4) is 0 Å². The van der Waals surface area contributed by atoms with Crippen molar-refractivity contribution in [3.63, 3.8) is 0 Å². The summed E-state index contributed by atoms with van der Waals surface area (Å²) < 4.78 is 1.57. The van der Waals surface area contributed by atoms with Gasteiger partial charge < -0.3 is 10.3 Å². The van der Waals surface area contributed by atoms with E-state index in [0.717, 1.165) is 17.0 Å². The van der Waals surface area contributed by atoms with E-state index in [2.05, 4.69) is 10.3 Å². The molecule has 0 spiro atoms. The molecule has 1 amide bonds. The molecule has 0 radical (unpaired) electrons. The number of nitrogens with zero attached hydrogens (tertiary/aromatic N) is 1. The zero-order chi connectivity index (χ0) is 15.4. The molecule has 6 heteroatoms. The zero-order valence-electron chi connectivity index (χ0n) is 12.1. The zero-order valence-corrected chi connectivity index (χ0v) is 12.8. The smallest absolute Gasteiger partial charge is 0.325 e. The van der Waals surface area contributed by atoms with Gasteiger partial charge in [0.15, 0.2) is 0 Å². The average Bonchev–Trinajstić information content (AvgIpc) is 2.69. The summed E-state index contributed by atoms with van der Waals surface area (Å²) in [5.74, 6) is -0.111. The molecule has 2 N–H and O–H groups in total. The molecule has 2 rings (SSSR count). The fourth-order valence-corrected chi connectivity index (χ4v) is 2.28. The topological polar surface area (TPSA) is 66.9 Å². The van der Waals surface area contributed by atoms with Gasteiger partial charge in [0.1, 0.15) is 0 Å². The Morgan fingerprint density at radius 2 is 2.05 bits per heavy atom. The highest BCUT2D eigenvalue weighted by molar-refractivity contribution is 6.31. The minimum atomic E-state index is -0.177. The number of carbonyl (C=O) groups is 1. The van der Waals surface area contributed by atoms with E-state index in [1.807, 2.05) is 32.0 Å². The highest BCUT2D eigenvalue weighted by Gasteiger charge is 2.09. The minimum Gasteiger partial charge on any atom is -0.352 e. The molecule has 0 fully saturated rings. The Labute approximate surface area is 127 Å². The summed E-state index contributed by atoms with van der Waals surface area (Å²) in [6, 6.07) is 7.37. The van der Waals surface area contributed by atoms with Crippen LogP contribution in [0.15, 0.2) is 29.1 Å². The summed E-state index contributed by atoms with van der Waals surface area (Å²) in [6.45, 7) is 4.45. The van der Waals surface area contributed by atoms with Crippen molar-refractivity contribution in [3.05, 3.63) is 56.7 Å². The number of aromatic amines is 1. The van der Waals surface area contributed by atoms with Gasteiger partial charge in [-0.1, -0.05) is 29.8 Å². The number of carbonyl (C=O) groups excluding carboxylic acids is 1. The van der Waals surface area contributed by atoms with Crippen LogP contribution in [0, 0.1) is 13.8 Å². The van der Waals surface area contributed by atoms with Crippen LogP contribution in [0.25, 0.3) is 0 Å². The van der Waals surface area contributed by atoms with E-state index in [-0.39, 0.29) is 18.0 Å². The lowest BCUT2D eigenvalue weighted by atomic mass is 10.2. The third kappa shape index (κ3) is 3.76. The molecule has 0 saturated heterocycles. The third-order valence-corrected chi connectivity index (χ3v) is 3.85. The molecule has 1 heterocycles. The van der Waals surface area contributed by atoms with Gasteiger partial charge in [-0.3, -0.25) is 9.36 Å². The maximum Gasteiger partial charge on any atom is 0.325 e. The van der Waals surface area contributed by atoms with Gasteiger partial charge in [0, 0.05) is 35.9 Å². The van der Waals surface area contributed by atoms with E-state index >= 15 is 0 Å². The van der Waals surface area contributed by atoms with Crippen molar-refractivity contribution in [1.29, 1.82) is 0 Å². The number of amides is 1. The number of nitrogens with one attached hydrogen (secondary N) is 2. The Kier molecular flexibility index (Phi) is 4.85. The summed E-state index contributed by atoms with van der Waals surface area (Å²) in [7, 11) is 0. The van der Waals surface area contributed by atoms with E-state index in [4.69, 9.17) is 11.6 Å². The lowest BCUT2D eigenvalue weighted by Gasteiger charge is -2.08. The molecule has 21 heavy (non-hydrogen) atoms. The monoisotopic (exact) mass is 307 g/mol. The van der Waals surface area contributed by atoms with Crippen LogP contribution in [-0.2, 0) is 17.9 Å². The molecular formula is C15H18ClN3O2. The van der Waals surface area contributed by atoms with Gasteiger partial charge in [-0.05, 0) is 25.5 Å². The number of hydrogen-bond acceptors (Lipinski definition) is 2. The Morgan fingerprint density at radius 1 is 1.33 bits per heavy atom. The first-order valence-electron chi connectivity index (χ1n) is 6.75. The van der Waals surface area contributed by atoms with Crippen LogP contribution in [0.4, 0.5) is 0 Å². The molecule has 0 unspecified atom stereocenters. The molecule has 1 aromatic carbocycles. The van der Waals surface area contributed by atoms with Crippen LogP contribution in [0.1, 0.15) is 23.4 Å². The van der Waals surface area contributed by atoms with Crippen LogP contribution < -0.4 is 11.0 Å². The first-order chi connectivity index (χ1) is 9.99. The summed E-state index contributed by atoms with van der Waals surface area (Å²) in [6.07, 6.45) is 0.252. The van der Waals surface area contributed by atoms with Gasteiger partial charge in [0.25, 0.3) is 0 Å². The molecule has 0 atom stereocenters. The quantitative estimate of drug-likeness (QED) is 0.889. The molecule has 0 bridgehead atoms. The Morgan fingerprint density at radius 3 is 2.67 bits per heavy atom. The lowest BCUT2D eigenvalue weighted by molar-refractivity contribution is -0.121. The summed E-state index contributed by atoms with van der Waals surface area (Å²) in [5, 5.41) is 3.44. The largest absolute Gasteiger partial charge is 0.352 e. The van der Waals surface area contributed by atoms with Crippen LogP contribution in [0.2, 0.25) is 5.02 Å². The predicted octanol–water partition coefficient (Wildman–Crippen LogP) is 2.15. The second-order valence-corrected chi connectivity index (χ2v) is 5.32. The van der Waals surface area contributed by atoms with Crippen LogP contribution >= 0.6 is 11.6 Å². The van der Waals surface area contributed by atoms with Crippen LogP contribution in [0.3, 0.4) is 0 Å². The van der Waals surface area contributed by atoms with Crippen molar-refractivity contribution in [2.45, 2.75) is 33.4 Å². The van der Waals surface area contributed by atoms with Crippen LogP contribution in [0.5, 0.6) is 0 Å². The second kappa shape index (κ2) is 6.63. The minimum absolute atomic E-state index is 0.111. The molecular weight excluding hydrogens is 290 g/mol. The van der Waals surface area contributed by atoms with E-state index < -0.39 is 0 Å². The maximum atomic E-state index is 11.9. The van der Waals surface area contributed by atoms with Gasteiger partial charge in [-0.2, -0.15) is 0 Å². The van der Waals surface area contributed by atoms with Crippen molar-refractivity contribution in [2.24, 2.45) is 0 Å². The predicted molar refractivity (Wildman–Crippen MR) is 82.4 cm³/mol. The van der Waals surface area contributed by atoms with Gasteiger partial charge >= 0.3 is 5.69 Å². The first-order valence-corrected chi connectivity index (χ1v) is 7.13. The average molecular weight is 308 g/mol. The van der Waals surface area contributed by atoms with Gasteiger partial charge in [-0.25, -0.2) is 4.79 Å². The number of rotatable bonds is 5. The lowest BCUT2D eigenvalue weighted by Crippen LogP contribution is -2.26. The molecule has 0 saturated carbocycles.